The van der Waals surface area contributed by atoms with Crippen LogP contribution in [0.25, 0.3) is 0 Å². The van der Waals surface area contributed by atoms with Gasteiger partial charge >= 0.3 is 11.9 Å². The molecular formula is C14H20O5. The number of esters is 2. The van der Waals surface area contributed by atoms with Gasteiger partial charge in [0, 0.05) is 6.42 Å². The predicted octanol–water partition coefficient (Wildman–Crippen LogP) is 1.80. The van der Waals surface area contributed by atoms with Crippen molar-refractivity contribution in [2.45, 2.75) is 46.1 Å². The van der Waals surface area contributed by atoms with Crippen molar-refractivity contribution in [3.05, 3.63) is 11.6 Å². The van der Waals surface area contributed by atoms with E-state index in [0.29, 0.717) is 6.42 Å². The van der Waals surface area contributed by atoms with Crippen LogP contribution < -0.4 is 0 Å². The average Bonchev–Trinajstić information content (AvgIpc) is 2.29. The largest absolute Gasteiger partial charge is 0.468 e. The summed E-state index contributed by atoms with van der Waals surface area (Å²) < 4.78 is 9.88. The van der Waals surface area contributed by atoms with Crippen LogP contribution in [0.2, 0.25) is 0 Å². The first kappa shape index (κ1) is 15.4. The first-order valence-corrected chi connectivity index (χ1v) is 6.17. The molecule has 0 bridgehead atoms. The molecule has 0 unspecified atom stereocenters. The van der Waals surface area contributed by atoms with E-state index < -0.39 is 23.0 Å². The van der Waals surface area contributed by atoms with Crippen LogP contribution in [0.1, 0.15) is 40.5 Å². The van der Waals surface area contributed by atoms with Crippen LogP contribution >= 0.6 is 0 Å². The second-order valence-corrected chi connectivity index (χ2v) is 5.89. The number of carbonyl (C=O) groups excluding carboxylic acids is 3. The molecule has 5 nitrogen and oxygen atoms in total. The van der Waals surface area contributed by atoms with Gasteiger partial charge in [-0.3, -0.25) is 9.59 Å². The zero-order valence-corrected chi connectivity index (χ0v) is 12.0. The van der Waals surface area contributed by atoms with Gasteiger partial charge in [-0.05, 0) is 40.2 Å². The maximum absolute atomic E-state index is 12.0. The standard InChI is InChI=1S/C14H20O5/c1-13(2,3)19-11(16)9-8-14(4,12(17)18-5)7-6-10(9)15/h8H,6-7H2,1-5H3/t14-/m0/s1. The lowest BCUT2D eigenvalue weighted by Gasteiger charge is -2.28. The molecule has 0 heterocycles. The predicted molar refractivity (Wildman–Crippen MR) is 68.3 cm³/mol. The number of ketones is 1. The molecular weight excluding hydrogens is 248 g/mol. The summed E-state index contributed by atoms with van der Waals surface area (Å²) in [7, 11) is 1.28. The minimum atomic E-state index is -0.950. The quantitative estimate of drug-likeness (QED) is 0.564. The topological polar surface area (TPSA) is 69.7 Å². The molecule has 0 amide bonds. The average molecular weight is 268 g/mol. The first-order valence-electron chi connectivity index (χ1n) is 6.17. The van der Waals surface area contributed by atoms with Crippen molar-refractivity contribution in [1.82, 2.24) is 0 Å². The molecule has 1 rings (SSSR count). The molecule has 0 aromatic heterocycles. The van der Waals surface area contributed by atoms with Gasteiger partial charge in [0.2, 0.25) is 0 Å². The Morgan fingerprint density at radius 2 is 1.89 bits per heavy atom. The second kappa shape index (κ2) is 5.15. The fourth-order valence-corrected chi connectivity index (χ4v) is 1.88. The van der Waals surface area contributed by atoms with Crippen molar-refractivity contribution in [1.29, 1.82) is 0 Å². The zero-order chi connectivity index (χ0) is 14.8. The molecule has 0 aliphatic heterocycles. The van der Waals surface area contributed by atoms with Crippen LogP contribution in [0, 0.1) is 5.41 Å². The monoisotopic (exact) mass is 268 g/mol. The van der Waals surface area contributed by atoms with Crippen molar-refractivity contribution in [3.8, 4) is 0 Å². The number of Topliss-reactive ketones (excluding diaryl/α,β-unsaturated/α-hetero) is 1. The summed E-state index contributed by atoms with van der Waals surface area (Å²) in [5, 5.41) is 0. The van der Waals surface area contributed by atoms with Gasteiger partial charge in [0.25, 0.3) is 0 Å². The van der Waals surface area contributed by atoms with Gasteiger partial charge in [-0.2, -0.15) is 0 Å². The zero-order valence-electron chi connectivity index (χ0n) is 12.0. The van der Waals surface area contributed by atoms with Gasteiger partial charge in [-0.1, -0.05) is 0 Å². The summed E-state index contributed by atoms with van der Waals surface area (Å²) in [6.45, 7) is 6.81. The Hall–Kier alpha value is -1.65. The maximum atomic E-state index is 12.0. The fraction of sp³-hybridized carbons (Fsp3) is 0.643. The van der Waals surface area contributed by atoms with Crippen LogP contribution in [-0.4, -0.2) is 30.4 Å². The highest BCUT2D eigenvalue weighted by Gasteiger charge is 2.40. The Bertz CT molecular complexity index is 441. The fourth-order valence-electron chi connectivity index (χ4n) is 1.88. The van der Waals surface area contributed by atoms with Gasteiger partial charge in [0.15, 0.2) is 5.78 Å². The lowest BCUT2D eigenvalue weighted by Crippen LogP contribution is -2.35. The summed E-state index contributed by atoms with van der Waals surface area (Å²) in [5.74, 6) is -1.44. The summed E-state index contributed by atoms with van der Waals surface area (Å²) in [6, 6.07) is 0. The third-order valence-corrected chi connectivity index (χ3v) is 2.91. The van der Waals surface area contributed by atoms with Crippen molar-refractivity contribution in [2.24, 2.45) is 5.41 Å². The minimum Gasteiger partial charge on any atom is -0.468 e. The van der Waals surface area contributed by atoms with Crippen LogP contribution in [0.4, 0.5) is 0 Å². The van der Waals surface area contributed by atoms with Crippen LogP contribution in [-0.2, 0) is 23.9 Å². The Kier molecular flexibility index (Phi) is 4.18. The van der Waals surface area contributed by atoms with E-state index in [9.17, 15) is 14.4 Å². The van der Waals surface area contributed by atoms with Gasteiger partial charge in [-0.25, -0.2) is 4.79 Å². The molecule has 0 fully saturated rings. The molecule has 0 aromatic carbocycles. The van der Waals surface area contributed by atoms with Crippen LogP contribution in [0.3, 0.4) is 0 Å². The molecule has 0 N–H and O–H groups in total. The van der Waals surface area contributed by atoms with E-state index in [-0.39, 0.29) is 17.8 Å². The molecule has 19 heavy (non-hydrogen) atoms. The van der Waals surface area contributed by atoms with Gasteiger partial charge < -0.3 is 9.47 Å². The molecule has 5 heteroatoms. The Balaban J connectivity index is 3.06. The molecule has 0 saturated carbocycles. The van der Waals surface area contributed by atoms with E-state index in [4.69, 9.17) is 9.47 Å². The highest BCUT2D eigenvalue weighted by Crippen LogP contribution is 2.34. The smallest absolute Gasteiger partial charge is 0.341 e. The molecule has 1 aliphatic carbocycles. The van der Waals surface area contributed by atoms with E-state index in [1.54, 1.807) is 27.7 Å². The van der Waals surface area contributed by atoms with E-state index >= 15 is 0 Å². The summed E-state index contributed by atoms with van der Waals surface area (Å²) in [6.07, 6.45) is 1.85. The molecule has 0 saturated heterocycles. The Labute approximate surface area is 112 Å². The SMILES string of the molecule is COC(=O)[C@]1(C)C=C(C(=O)OC(C)(C)C)C(=O)CC1. The third kappa shape index (κ3) is 3.66. The van der Waals surface area contributed by atoms with Crippen molar-refractivity contribution in [2.75, 3.05) is 7.11 Å². The van der Waals surface area contributed by atoms with Crippen LogP contribution in [0.15, 0.2) is 11.6 Å². The highest BCUT2D eigenvalue weighted by molar-refractivity contribution is 6.18. The molecule has 0 radical (unpaired) electrons. The number of hydrogen-bond acceptors (Lipinski definition) is 5. The van der Waals surface area contributed by atoms with E-state index in [0.717, 1.165) is 0 Å². The molecule has 0 spiro atoms. The number of hydrogen-bond donors (Lipinski definition) is 0. The van der Waals surface area contributed by atoms with E-state index in [1.165, 1.54) is 13.2 Å². The van der Waals surface area contributed by atoms with Gasteiger partial charge in [0.05, 0.1) is 18.1 Å². The minimum absolute atomic E-state index is 0.0610. The van der Waals surface area contributed by atoms with Crippen molar-refractivity contribution >= 4 is 17.7 Å². The van der Waals surface area contributed by atoms with Gasteiger partial charge in [0.1, 0.15) is 5.60 Å². The highest BCUT2D eigenvalue weighted by atomic mass is 16.6. The van der Waals surface area contributed by atoms with E-state index in [1.807, 2.05) is 0 Å². The first-order chi connectivity index (χ1) is 8.59. The molecule has 0 aromatic rings. The van der Waals surface area contributed by atoms with Gasteiger partial charge in [-0.15, -0.1) is 0 Å². The second-order valence-electron chi connectivity index (χ2n) is 5.89. The number of carbonyl (C=O) groups is 3. The maximum Gasteiger partial charge on any atom is 0.341 e. The third-order valence-electron chi connectivity index (χ3n) is 2.91. The molecule has 1 aliphatic rings. The molecule has 106 valence electrons. The number of methoxy groups -OCH3 is 1. The summed E-state index contributed by atoms with van der Waals surface area (Å²) in [5.41, 5.74) is -1.69. The lowest BCUT2D eigenvalue weighted by atomic mass is 9.77. The Morgan fingerprint density at radius 1 is 1.32 bits per heavy atom. The van der Waals surface area contributed by atoms with Crippen molar-refractivity contribution < 1.29 is 23.9 Å². The van der Waals surface area contributed by atoms with Crippen molar-refractivity contribution in [3.63, 3.8) is 0 Å². The summed E-state index contributed by atoms with van der Waals surface area (Å²) in [4.78, 5) is 35.5. The lowest BCUT2D eigenvalue weighted by molar-refractivity contribution is -0.152. The number of rotatable bonds is 2. The van der Waals surface area contributed by atoms with Crippen LogP contribution in [0.5, 0.6) is 0 Å². The van der Waals surface area contributed by atoms with E-state index in [2.05, 4.69) is 0 Å². The number of ether oxygens (including phenoxy) is 2. The Morgan fingerprint density at radius 3 is 2.37 bits per heavy atom. The summed E-state index contributed by atoms with van der Waals surface area (Å²) >= 11 is 0. The molecule has 1 atom stereocenters. The normalized spacial score (nSPS) is 23.6.